The van der Waals surface area contributed by atoms with Gasteiger partial charge in [0.05, 0.1) is 12.5 Å². The Morgan fingerprint density at radius 1 is 1.35 bits per heavy atom. The lowest BCUT2D eigenvalue weighted by atomic mass is 10.0. The fourth-order valence-electron chi connectivity index (χ4n) is 2.80. The van der Waals surface area contributed by atoms with Crippen molar-refractivity contribution in [1.29, 1.82) is 0 Å². The Hall–Kier alpha value is -1.39. The van der Waals surface area contributed by atoms with Crippen LogP contribution in [0.3, 0.4) is 0 Å². The number of amides is 1. The van der Waals surface area contributed by atoms with Gasteiger partial charge >= 0.3 is 0 Å². The molecular weight excluding hydrogens is 250 g/mol. The minimum Gasteiger partial charge on any atom is -0.336 e. The standard InChI is InChI=1S/C16H25N3O/c1-12-4-5-13(2)14(8-12)9-16(20)19-7-6-18(3)11-15(19)10-17/h4-5,8,15H,6-7,9-11,17H2,1-3H3/t15-/m0/s1. The molecule has 0 saturated carbocycles. The van der Waals surface area contributed by atoms with Crippen molar-refractivity contribution < 1.29 is 4.79 Å². The Labute approximate surface area is 121 Å². The molecule has 0 radical (unpaired) electrons. The second-order valence-corrected chi connectivity index (χ2v) is 5.85. The van der Waals surface area contributed by atoms with Gasteiger partial charge in [0, 0.05) is 26.2 Å². The predicted octanol–water partition coefficient (Wildman–Crippen LogP) is 0.947. The summed E-state index contributed by atoms with van der Waals surface area (Å²) in [6, 6.07) is 6.43. The van der Waals surface area contributed by atoms with Crippen LogP contribution in [0.1, 0.15) is 16.7 Å². The molecule has 0 bridgehead atoms. The summed E-state index contributed by atoms with van der Waals surface area (Å²) in [6.45, 7) is 7.23. The normalized spacial score (nSPS) is 20.2. The fourth-order valence-corrected chi connectivity index (χ4v) is 2.80. The largest absolute Gasteiger partial charge is 0.336 e. The van der Waals surface area contributed by atoms with Crippen LogP contribution in [0.5, 0.6) is 0 Å². The van der Waals surface area contributed by atoms with Crippen molar-refractivity contribution in [1.82, 2.24) is 9.80 Å². The first kappa shape index (κ1) is 15.0. The van der Waals surface area contributed by atoms with Crippen LogP contribution in [0.4, 0.5) is 0 Å². The third kappa shape index (κ3) is 3.38. The Bertz CT molecular complexity index is 487. The molecule has 0 unspecified atom stereocenters. The Balaban J connectivity index is 2.09. The summed E-state index contributed by atoms with van der Waals surface area (Å²) in [5.74, 6) is 0.197. The number of aryl methyl sites for hydroxylation is 2. The zero-order valence-electron chi connectivity index (χ0n) is 12.7. The van der Waals surface area contributed by atoms with E-state index in [0.29, 0.717) is 13.0 Å². The van der Waals surface area contributed by atoms with Gasteiger partial charge < -0.3 is 15.5 Å². The van der Waals surface area contributed by atoms with E-state index in [1.165, 1.54) is 11.1 Å². The fraction of sp³-hybridized carbons (Fsp3) is 0.562. The predicted molar refractivity (Wildman–Crippen MR) is 81.7 cm³/mol. The smallest absolute Gasteiger partial charge is 0.227 e. The van der Waals surface area contributed by atoms with E-state index in [1.54, 1.807) is 0 Å². The van der Waals surface area contributed by atoms with Crippen LogP contribution in [0.2, 0.25) is 0 Å². The highest BCUT2D eigenvalue weighted by atomic mass is 16.2. The summed E-state index contributed by atoms with van der Waals surface area (Å²) in [7, 11) is 2.08. The number of likely N-dealkylation sites (N-methyl/N-ethyl adjacent to an activating group) is 1. The highest BCUT2D eigenvalue weighted by Gasteiger charge is 2.27. The van der Waals surface area contributed by atoms with E-state index in [-0.39, 0.29) is 11.9 Å². The van der Waals surface area contributed by atoms with Gasteiger partial charge in [0.15, 0.2) is 0 Å². The van der Waals surface area contributed by atoms with Gasteiger partial charge in [0.25, 0.3) is 0 Å². The second-order valence-electron chi connectivity index (χ2n) is 5.85. The number of benzene rings is 1. The molecule has 2 N–H and O–H groups in total. The molecule has 1 fully saturated rings. The number of rotatable bonds is 3. The maximum Gasteiger partial charge on any atom is 0.227 e. The zero-order valence-corrected chi connectivity index (χ0v) is 12.7. The van der Waals surface area contributed by atoms with Crippen molar-refractivity contribution in [3.63, 3.8) is 0 Å². The molecule has 0 aliphatic carbocycles. The first-order valence-electron chi connectivity index (χ1n) is 7.25. The van der Waals surface area contributed by atoms with E-state index in [0.717, 1.165) is 25.2 Å². The molecule has 1 amide bonds. The van der Waals surface area contributed by atoms with Gasteiger partial charge in [-0.3, -0.25) is 4.79 Å². The van der Waals surface area contributed by atoms with E-state index in [4.69, 9.17) is 5.73 Å². The minimum atomic E-state index is 0.145. The van der Waals surface area contributed by atoms with E-state index in [1.807, 2.05) is 4.90 Å². The quantitative estimate of drug-likeness (QED) is 0.893. The Morgan fingerprint density at radius 2 is 2.10 bits per heavy atom. The summed E-state index contributed by atoms with van der Waals surface area (Å²) in [5.41, 5.74) is 9.33. The van der Waals surface area contributed by atoms with E-state index in [2.05, 4.69) is 44.0 Å². The first-order chi connectivity index (χ1) is 9.51. The highest BCUT2D eigenvalue weighted by Crippen LogP contribution is 2.15. The number of hydrogen-bond acceptors (Lipinski definition) is 3. The molecule has 4 heteroatoms. The van der Waals surface area contributed by atoms with Crippen LogP contribution in [0.15, 0.2) is 18.2 Å². The van der Waals surface area contributed by atoms with E-state index < -0.39 is 0 Å². The lowest BCUT2D eigenvalue weighted by Crippen LogP contribution is -2.57. The Kier molecular flexibility index (Phi) is 4.78. The molecule has 1 aliphatic rings. The van der Waals surface area contributed by atoms with Gasteiger partial charge in [0.2, 0.25) is 5.91 Å². The van der Waals surface area contributed by atoms with Crippen molar-refractivity contribution in [2.75, 3.05) is 33.2 Å². The lowest BCUT2D eigenvalue weighted by molar-refractivity contribution is -0.134. The molecule has 0 aromatic heterocycles. The SMILES string of the molecule is Cc1ccc(C)c(CC(=O)N2CCN(C)C[C@@H]2CN)c1. The first-order valence-corrected chi connectivity index (χ1v) is 7.25. The monoisotopic (exact) mass is 275 g/mol. The van der Waals surface area contributed by atoms with Crippen LogP contribution in [0.25, 0.3) is 0 Å². The van der Waals surface area contributed by atoms with Gasteiger partial charge in [-0.15, -0.1) is 0 Å². The van der Waals surface area contributed by atoms with Gasteiger partial charge in [-0.2, -0.15) is 0 Å². The molecule has 4 nitrogen and oxygen atoms in total. The van der Waals surface area contributed by atoms with Crippen LogP contribution in [-0.2, 0) is 11.2 Å². The number of nitrogens with zero attached hydrogens (tertiary/aromatic N) is 2. The summed E-state index contributed by atoms with van der Waals surface area (Å²) < 4.78 is 0. The zero-order chi connectivity index (χ0) is 14.7. The summed E-state index contributed by atoms with van der Waals surface area (Å²) in [6.07, 6.45) is 0.480. The van der Waals surface area contributed by atoms with Crippen LogP contribution in [-0.4, -0.2) is 55.0 Å². The van der Waals surface area contributed by atoms with Gasteiger partial charge in [-0.05, 0) is 32.0 Å². The number of nitrogens with two attached hydrogens (primary N) is 1. The van der Waals surface area contributed by atoms with Crippen LogP contribution >= 0.6 is 0 Å². The van der Waals surface area contributed by atoms with Crippen molar-refractivity contribution >= 4 is 5.91 Å². The molecular formula is C16H25N3O. The second kappa shape index (κ2) is 6.37. The van der Waals surface area contributed by atoms with Crippen LogP contribution in [0, 0.1) is 13.8 Å². The van der Waals surface area contributed by atoms with Gasteiger partial charge in [-0.25, -0.2) is 0 Å². The molecule has 1 saturated heterocycles. The summed E-state index contributed by atoms with van der Waals surface area (Å²) in [4.78, 5) is 16.8. The molecule has 2 rings (SSSR count). The van der Waals surface area contributed by atoms with Crippen molar-refractivity contribution in [2.24, 2.45) is 5.73 Å². The molecule has 110 valence electrons. The third-order valence-electron chi connectivity index (χ3n) is 4.12. The summed E-state index contributed by atoms with van der Waals surface area (Å²) >= 11 is 0. The summed E-state index contributed by atoms with van der Waals surface area (Å²) in [5, 5.41) is 0. The number of piperazine rings is 1. The van der Waals surface area contributed by atoms with Crippen molar-refractivity contribution in [3.8, 4) is 0 Å². The average molecular weight is 275 g/mol. The maximum atomic E-state index is 12.6. The van der Waals surface area contributed by atoms with E-state index >= 15 is 0 Å². The minimum absolute atomic E-state index is 0.145. The molecule has 1 heterocycles. The van der Waals surface area contributed by atoms with Gasteiger partial charge in [-0.1, -0.05) is 23.8 Å². The molecule has 1 aliphatic heterocycles. The third-order valence-corrected chi connectivity index (χ3v) is 4.12. The average Bonchev–Trinajstić information content (AvgIpc) is 2.42. The highest BCUT2D eigenvalue weighted by molar-refractivity contribution is 5.79. The van der Waals surface area contributed by atoms with Gasteiger partial charge in [0.1, 0.15) is 0 Å². The number of carbonyl (C=O) groups is 1. The molecule has 0 spiro atoms. The lowest BCUT2D eigenvalue weighted by Gasteiger charge is -2.39. The maximum absolute atomic E-state index is 12.6. The Morgan fingerprint density at radius 3 is 2.80 bits per heavy atom. The molecule has 1 aromatic rings. The van der Waals surface area contributed by atoms with E-state index in [9.17, 15) is 4.79 Å². The van der Waals surface area contributed by atoms with Crippen molar-refractivity contribution in [2.45, 2.75) is 26.3 Å². The van der Waals surface area contributed by atoms with Crippen molar-refractivity contribution in [3.05, 3.63) is 34.9 Å². The van der Waals surface area contributed by atoms with Crippen LogP contribution < -0.4 is 5.73 Å². The molecule has 1 atom stereocenters. The number of carbonyl (C=O) groups excluding carboxylic acids is 1. The number of hydrogen-bond donors (Lipinski definition) is 1. The molecule has 20 heavy (non-hydrogen) atoms. The molecule has 1 aromatic carbocycles. The topological polar surface area (TPSA) is 49.6 Å².